The van der Waals surface area contributed by atoms with Crippen molar-refractivity contribution in [3.05, 3.63) is 29.8 Å². The van der Waals surface area contributed by atoms with E-state index in [1.165, 1.54) is 0 Å². The van der Waals surface area contributed by atoms with Crippen molar-refractivity contribution in [2.24, 2.45) is 5.73 Å². The fourth-order valence-electron chi connectivity index (χ4n) is 2.36. The lowest BCUT2D eigenvalue weighted by atomic mass is 9.95. The van der Waals surface area contributed by atoms with E-state index in [9.17, 15) is 4.79 Å². The summed E-state index contributed by atoms with van der Waals surface area (Å²) in [7, 11) is 0. The third-order valence-corrected chi connectivity index (χ3v) is 3.43. The Morgan fingerprint density at radius 3 is 3.00 bits per heavy atom. The Morgan fingerprint density at radius 2 is 2.30 bits per heavy atom. The van der Waals surface area contributed by atoms with Crippen LogP contribution in [0.3, 0.4) is 0 Å². The number of amides is 1. The predicted molar refractivity (Wildman–Crippen MR) is 76.4 cm³/mol. The third kappa shape index (κ3) is 3.95. The summed E-state index contributed by atoms with van der Waals surface area (Å²) in [6, 6.07) is 7.47. The molecule has 1 atom stereocenters. The minimum atomic E-state index is -0.286. The van der Waals surface area contributed by atoms with E-state index >= 15 is 0 Å². The van der Waals surface area contributed by atoms with E-state index in [0.29, 0.717) is 18.9 Å². The molecule has 1 aliphatic heterocycles. The Balaban J connectivity index is 1.85. The summed E-state index contributed by atoms with van der Waals surface area (Å²) >= 11 is 0. The second-order valence-electron chi connectivity index (χ2n) is 5.37. The monoisotopic (exact) mass is 278 g/mol. The van der Waals surface area contributed by atoms with Crippen molar-refractivity contribution in [3.8, 4) is 5.75 Å². The zero-order valence-corrected chi connectivity index (χ0v) is 11.9. The summed E-state index contributed by atoms with van der Waals surface area (Å²) in [5.41, 5.74) is 6.24. The van der Waals surface area contributed by atoms with Gasteiger partial charge in [0.1, 0.15) is 5.75 Å². The number of nitrogens with one attached hydrogen (secondary N) is 1. The first-order valence-corrected chi connectivity index (χ1v) is 6.92. The van der Waals surface area contributed by atoms with E-state index in [-0.39, 0.29) is 18.1 Å². The molecule has 5 heteroatoms. The lowest BCUT2D eigenvalue weighted by Crippen LogP contribution is -2.52. The Labute approximate surface area is 119 Å². The highest BCUT2D eigenvalue weighted by molar-refractivity contribution is 5.78. The van der Waals surface area contributed by atoms with Crippen molar-refractivity contribution < 1.29 is 14.3 Å². The zero-order chi connectivity index (χ0) is 14.4. The molecule has 1 amide bonds. The van der Waals surface area contributed by atoms with Gasteiger partial charge >= 0.3 is 0 Å². The van der Waals surface area contributed by atoms with E-state index in [2.05, 4.69) is 5.32 Å². The Bertz CT molecular complexity index is 456. The first kappa shape index (κ1) is 14.8. The van der Waals surface area contributed by atoms with Gasteiger partial charge in [0.15, 0.2) is 6.61 Å². The topological polar surface area (TPSA) is 73.6 Å². The smallest absolute Gasteiger partial charge is 0.258 e. The van der Waals surface area contributed by atoms with Gasteiger partial charge in [-0.1, -0.05) is 18.2 Å². The lowest BCUT2D eigenvalue weighted by molar-refractivity contribution is -0.126. The summed E-state index contributed by atoms with van der Waals surface area (Å²) in [5, 5.41) is 2.98. The molecule has 1 fully saturated rings. The van der Waals surface area contributed by atoms with Crippen molar-refractivity contribution in [2.75, 3.05) is 19.8 Å². The molecule has 5 nitrogen and oxygen atoms in total. The molecule has 0 aromatic heterocycles. The molecule has 1 aromatic carbocycles. The number of hydrogen-bond donors (Lipinski definition) is 2. The SMILES string of the molecule is CC1(NC(=O)COc2ccccc2CN)CCCOC1. The standard InChI is InChI=1S/C15H22N2O3/c1-15(7-4-8-19-11-15)17-14(18)10-20-13-6-3-2-5-12(13)9-16/h2-3,5-6H,4,7-11,16H2,1H3,(H,17,18). The fourth-order valence-corrected chi connectivity index (χ4v) is 2.36. The highest BCUT2D eigenvalue weighted by atomic mass is 16.5. The normalized spacial score (nSPS) is 22.3. The predicted octanol–water partition coefficient (Wildman–Crippen LogP) is 1.21. The summed E-state index contributed by atoms with van der Waals surface area (Å²) in [6.45, 7) is 3.71. The van der Waals surface area contributed by atoms with Gasteiger partial charge in [0, 0.05) is 18.7 Å². The summed E-state index contributed by atoms with van der Waals surface area (Å²) in [6.07, 6.45) is 1.89. The Kier molecular flexibility index (Phi) is 4.98. The number of benzene rings is 1. The van der Waals surface area contributed by atoms with Gasteiger partial charge in [-0.15, -0.1) is 0 Å². The number of para-hydroxylation sites is 1. The molecule has 110 valence electrons. The van der Waals surface area contributed by atoms with Gasteiger partial charge in [-0.05, 0) is 25.8 Å². The van der Waals surface area contributed by atoms with E-state index in [1.54, 1.807) is 0 Å². The molecule has 1 unspecified atom stereocenters. The van der Waals surface area contributed by atoms with Gasteiger partial charge in [0.2, 0.25) is 0 Å². The van der Waals surface area contributed by atoms with Gasteiger partial charge in [0.05, 0.1) is 12.1 Å². The summed E-state index contributed by atoms with van der Waals surface area (Å²) in [4.78, 5) is 12.0. The first-order valence-electron chi connectivity index (χ1n) is 6.92. The second-order valence-corrected chi connectivity index (χ2v) is 5.37. The third-order valence-electron chi connectivity index (χ3n) is 3.43. The fraction of sp³-hybridized carbons (Fsp3) is 0.533. The zero-order valence-electron chi connectivity index (χ0n) is 11.9. The van der Waals surface area contributed by atoms with Crippen LogP contribution in [-0.2, 0) is 16.1 Å². The molecule has 1 aromatic rings. The maximum Gasteiger partial charge on any atom is 0.258 e. The lowest BCUT2D eigenvalue weighted by Gasteiger charge is -2.34. The van der Waals surface area contributed by atoms with Gasteiger partial charge in [-0.25, -0.2) is 0 Å². The van der Waals surface area contributed by atoms with E-state index in [0.717, 1.165) is 25.0 Å². The molecule has 0 spiro atoms. The molecule has 0 radical (unpaired) electrons. The average molecular weight is 278 g/mol. The highest BCUT2D eigenvalue weighted by Gasteiger charge is 2.29. The molecule has 1 heterocycles. The van der Waals surface area contributed by atoms with Crippen molar-refractivity contribution in [3.63, 3.8) is 0 Å². The highest BCUT2D eigenvalue weighted by Crippen LogP contribution is 2.19. The average Bonchev–Trinajstić information content (AvgIpc) is 2.45. The van der Waals surface area contributed by atoms with Crippen LogP contribution in [0.5, 0.6) is 5.75 Å². The Morgan fingerprint density at radius 1 is 1.50 bits per heavy atom. The molecular formula is C15H22N2O3. The van der Waals surface area contributed by atoms with Crippen LogP contribution in [0, 0.1) is 0 Å². The van der Waals surface area contributed by atoms with Crippen molar-refractivity contribution in [2.45, 2.75) is 31.8 Å². The van der Waals surface area contributed by atoms with Crippen LogP contribution in [0.2, 0.25) is 0 Å². The van der Waals surface area contributed by atoms with E-state index < -0.39 is 0 Å². The van der Waals surface area contributed by atoms with Crippen LogP contribution in [0.1, 0.15) is 25.3 Å². The summed E-state index contributed by atoms with van der Waals surface area (Å²) < 4.78 is 11.0. The van der Waals surface area contributed by atoms with Crippen LogP contribution in [0.4, 0.5) is 0 Å². The van der Waals surface area contributed by atoms with Gasteiger partial charge in [-0.3, -0.25) is 4.79 Å². The maximum absolute atomic E-state index is 12.0. The van der Waals surface area contributed by atoms with Crippen molar-refractivity contribution in [1.82, 2.24) is 5.32 Å². The number of ether oxygens (including phenoxy) is 2. The van der Waals surface area contributed by atoms with E-state index in [1.807, 2.05) is 31.2 Å². The van der Waals surface area contributed by atoms with Crippen molar-refractivity contribution in [1.29, 1.82) is 0 Å². The number of nitrogens with two attached hydrogens (primary N) is 1. The molecule has 2 rings (SSSR count). The van der Waals surface area contributed by atoms with E-state index in [4.69, 9.17) is 15.2 Å². The van der Waals surface area contributed by atoms with Gasteiger partial charge < -0.3 is 20.5 Å². The number of carbonyl (C=O) groups is 1. The van der Waals surface area contributed by atoms with Crippen LogP contribution in [0.25, 0.3) is 0 Å². The quantitative estimate of drug-likeness (QED) is 0.849. The molecule has 0 aliphatic carbocycles. The second kappa shape index (κ2) is 6.72. The molecule has 0 bridgehead atoms. The molecule has 20 heavy (non-hydrogen) atoms. The molecule has 1 saturated heterocycles. The number of rotatable bonds is 5. The van der Waals surface area contributed by atoms with Gasteiger partial charge in [-0.2, -0.15) is 0 Å². The van der Waals surface area contributed by atoms with Crippen LogP contribution in [-0.4, -0.2) is 31.3 Å². The maximum atomic E-state index is 12.0. The van der Waals surface area contributed by atoms with Crippen LogP contribution in [0.15, 0.2) is 24.3 Å². The van der Waals surface area contributed by atoms with Crippen LogP contribution >= 0.6 is 0 Å². The van der Waals surface area contributed by atoms with Crippen molar-refractivity contribution >= 4 is 5.91 Å². The first-order chi connectivity index (χ1) is 9.63. The minimum Gasteiger partial charge on any atom is -0.483 e. The largest absolute Gasteiger partial charge is 0.483 e. The van der Waals surface area contributed by atoms with Gasteiger partial charge in [0.25, 0.3) is 5.91 Å². The van der Waals surface area contributed by atoms with Crippen LogP contribution < -0.4 is 15.8 Å². The number of carbonyl (C=O) groups excluding carboxylic acids is 1. The molecule has 1 aliphatic rings. The molecule has 3 N–H and O–H groups in total. The summed E-state index contributed by atoms with van der Waals surface area (Å²) in [5.74, 6) is 0.528. The number of hydrogen-bond acceptors (Lipinski definition) is 4. The molecule has 0 saturated carbocycles. The Hall–Kier alpha value is -1.59. The molecular weight excluding hydrogens is 256 g/mol. The minimum absolute atomic E-state index is 0.00734.